The van der Waals surface area contributed by atoms with Gasteiger partial charge in [0.25, 0.3) is 5.91 Å². The molecule has 8 heteroatoms. The number of carbonyl (C=O) groups excluding carboxylic acids is 1. The zero-order valence-electron chi connectivity index (χ0n) is 17.3. The van der Waals surface area contributed by atoms with Gasteiger partial charge in [-0.1, -0.05) is 0 Å². The van der Waals surface area contributed by atoms with Gasteiger partial charge in [-0.15, -0.1) is 0 Å². The number of benzene rings is 1. The number of carbonyl (C=O) groups is 1. The monoisotopic (exact) mass is 416 g/mol. The van der Waals surface area contributed by atoms with E-state index in [9.17, 15) is 9.18 Å². The predicted molar refractivity (Wildman–Crippen MR) is 114 cm³/mol. The Kier molecular flexibility index (Phi) is 4.62. The van der Waals surface area contributed by atoms with Crippen molar-refractivity contribution in [2.45, 2.75) is 33.1 Å². The van der Waals surface area contributed by atoms with Crippen molar-refractivity contribution in [1.29, 1.82) is 0 Å². The summed E-state index contributed by atoms with van der Waals surface area (Å²) in [5.74, 6) is 0.103. The van der Waals surface area contributed by atoms with E-state index in [0.29, 0.717) is 17.2 Å². The predicted octanol–water partition coefficient (Wildman–Crippen LogP) is 3.95. The van der Waals surface area contributed by atoms with Crippen LogP contribution in [0.25, 0.3) is 11.5 Å². The summed E-state index contributed by atoms with van der Waals surface area (Å²) < 4.78 is 16.8. The zero-order valence-corrected chi connectivity index (χ0v) is 17.3. The molecule has 0 aliphatic heterocycles. The third kappa shape index (κ3) is 3.50. The molecule has 156 valence electrons. The Labute approximate surface area is 178 Å². The first-order valence-corrected chi connectivity index (χ1v) is 10.2. The highest BCUT2D eigenvalue weighted by molar-refractivity contribution is 6.04. The lowest BCUT2D eigenvalue weighted by atomic mass is 10.2. The van der Waals surface area contributed by atoms with Crippen molar-refractivity contribution < 1.29 is 9.18 Å². The van der Waals surface area contributed by atoms with Crippen LogP contribution < -0.4 is 5.32 Å². The maximum absolute atomic E-state index is 13.3. The molecular weight excluding hydrogens is 395 g/mol. The number of rotatable bonds is 4. The van der Waals surface area contributed by atoms with Crippen molar-refractivity contribution >= 4 is 11.6 Å². The second-order valence-corrected chi connectivity index (χ2v) is 7.71. The minimum absolute atomic E-state index is 0.278. The van der Waals surface area contributed by atoms with Crippen LogP contribution in [-0.4, -0.2) is 30.5 Å². The van der Waals surface area contributed by atoms with Crippen LogP contribution in [0.3, 0.4) is 0 Å². The molecule has 1 aromatic carbocycles. The van der Waals surface area contributed by atoms with Crippen molar-refractivity contribution in [2.75, 3.05) is 5.32 Å². The Morgan fingerprint density at radius 2 is 1.84 bits per heavy atom. The summed E-state index contributed by atoms with van der Waals surface area (Å²) in [5, 5.41) is 11.9. The number of aryl methyl sites for hydroxylation is 2. The number of hydrogen-bond donors (Lipinski definition) is 1. The van der Waals surface area contributed by atoms with E-state index >= 15 is 0 Å². The number of pyridine rings is 1. The molecule has 0 atom stereocenters. The van der Waals surface area contributed by atoms with Crippen LogP contribution in [0, 0.1) is 19.7 Å². The van der Waals surface area contributed by atoms with Gasteiger partial charge in [0.1, 0.15) is 5.82 Å². The molecule has 5 rings (SSSR count). The summed E-state index contributed by atoms with van der Waals surface area (Å²) in [5.41, 5.74) is 5.60. The van der Waals surface area contributed by atoms with E-state index in [0.717, 1.165) is 47.6 Å². The van der Waals surface area contributed by atoms with E-state index in [1.807, 2.05) is 26.0 Å². The van der Waals surface area contributed by atoms with E-state index in [1.54, 1.807) is 33.8 Å². The van der Waals surface area contributed by atoms with E-state index in [4.69, 9.17) is 0 Å². The number of amides is 1. The lowest BCUT2D eigenvalue weighted by Crippen LogP contribution is -2.15. The summed E-state index contributed by atoms with van der Waals surface area (Å²) in [7, 11) is 0. The molecule has 0 radical (unpaired) electrons. The average molecular weight is 416 g/mol. The fraction of sp³-hybridized carbons (Fsp3) is 0.217. The molecule has 0 saturated heterocycles. The molecule has 4 aromatic rings. The lowest BCUT2D eigenvalue weighted by Gasteiger charge is -2.07. The third-order valence-corrected chi connectivity index (χ3v) is 5.45. The summed E-state index contributed by atoms with van der Waals surface area (Å²) in [4.78, 5) is 17.4. The SMILES string of the molecule is Cc1cc(C)n(-c2ccc(NC(=O)c3nn(-c4ccc(F)cc4)c4c3CCC4)cn2)n1. The first kappa shape index (κ1) is 19.2. The van der Waals surface area contributed by atoms with Gasteiger partial charge in [0.15, 0.2) is 11.5 Å². The number of hydrogen-bond acceptors (Lipinski definition) is 4. The quantitative estimate of drug-likeness (QED) is 0.546. The summed E-state index contributed by atoms with van der Waals surface area (Å²) >= 11 is 0. The molecule has 7 nitrogen and oxygen atoms in total. The van der Waals surface area contributed by atoms with Crippen molar-refractivity contribution in [3.8, 4) is 11.5 Å². The van der Waals surface area contributed by atoms with Gasteiger partial charge >= 0.3 is 0 Å². The number of nitrogens with one attached hydrogen (secondary N) is 1. The molecule has 0 spiro atoms. The number of fused-ring (bicyclic) bond motifs is 1. The molecule has 3 aromatic heterocycles. The minimum atomic E-state index is -0.304. The topological polar surface area (TPSA) is 77.6 Å². The maximum atomic E-state index is 13.3. The standard InChI is InChI=1S/C23H21FN6O/c1-14-12-15(2)29(27-14)21-11-8-17(13-25-21)26-23(31)22-19-4-3-5-20(19)30(28-22)18-9-6-16(24)7-10-18/h6-13H,3-5H2,1-2H3,(H,26,31). The Morgan fingerprint density at radius 3 is 2.52 bits per heavy atom. The van der Waals surface area contributed by atoms with E-state index in [1.165, 1.54) is 12.1 Å². The van der Waals surface area contributed by atoms with Gasteiger partial charge in [0.2, 0.25) is 0 Å². The first-order chi connectivity index (χ1) is 15.0. The summed E-state index contributed by atoms with van der Waals surface area (Å²) in [6, 6.07) is 11.7. The van der Waals surface area contributed by atoms with Gasteiger partial charge in [-0.25, -0.2) is 18.7 Å². The second-order valence-electron chi connectivity index (χ2n) is 7.71. The number of anilines is 1. The number of aromatic nitrogens is 5. The van der Waals surface area contributed by atoms with Gasteiger partial charge in [-0.2, -0.15) is 10.2 Å². The number of nitrogens with zero attached hydrogens (tertiary/aromatic N) is 5. The molecule has 31 heavy (non-hydrogen) atoms. The lowest BCUT2D eigenvalue weighted by molar-refractivity contribution is 0.102. The molecule has 0 unspecified atom stereocenters. The van der Waals surface area contributed by atoms with Crippen LogP contribution >= 0.6 is 0 Å². The highest BCUT2D eigenvalue weighted by Gasteiger charge is 2.27. The second kappa shape index (κ2) is 7.46. The Balaban J connectivity index is 1.40. The van der Waals surface area contributed by atoms with Crippen LogP contribution in [0.4, 0.5) is 10.1 Å². The fourth-order valence-electron chi connectivity index (χ4n) is 4.05. The third-order valence-electron chi connectivity index (χ3n) is 5.45. The molecule has 0 bridgehead atoms. The van der Waals surface area contributed by atoms with E-state index < -0.39 is 0 Å². The fourth-order valence-corrected chi connectivity index (χ4v) is 4.05. The molecule has 1 aliphatic carbocycles. The molecule has 1 amide bonds. The molecule has 3 heterocycles. The molecular formula is C23H21FN6O. The Bertz CT molecular complexity index is 1270. The van der Waals surface area contributed by atoms with Gasteiger partial charge in [-0.05, 0) is 75.6 Å². The van der Waals surface area contributed by atoms with Crippen LogP contribution in [0.2, 0.25) is 0 Å². The molecule has 1 N–H and O–H groups in total. The zero-order chi connectivity index (χ0) is 21.5. The molecule has 0 fully saturated rings. The normalized spacial score (nSPS) is 12.7. The average Bonchev–Trinajstić information content (AvgIpc) is 3.44. The van der Waals surface area contributed by atoms with Crippen molar-refractivity contribution in [3.05, 3.63) is 82.8 Å². The van der Waals surface area contributed by atoms with Gasteiger partial charge in [0, 0.05) is 17.0 Å². The van der Waals surface area contributed by atoms with Gasteiger partial charge in [0.05, 0.1) is 23.3 Å². The largest absolute Gasteiger partial charge is 0.319 e. The van der Waals surface area contributed by atoms with E-state index in [-0.39, 0.29) is 11.7 Å². The summed E-state index contributed by atoms with van der Waals surface area (Å²) in [6.45, 7) is 3.90. The van der Waals surface area contributed by atoms with Crippen LogP contribution in [0.15, 0.2) is 48.7 Å². The van der Waals surface area contributed by atoms with Crippen molar-refractivity contribution in [3.63, 3.8) is 0 Å². The number of halogens is 1. The minimum Gasteiger partial charge on any atom is -0.319 e. The first-order valence-electron chi connectivity index (χ1n) is 10.2. The van der Waals surface area contributed by atoms with Crippen LogP contribution in [0.5, 0.6) is 0 Å². The highest BCUT2D eigenvalue weighted by Crippen LogP contribution is 2.28. The van der Waals surface area contributed by atoms with Crippen LogP contribution in [-0.2, 0) is 12.8 Å². The van der Waals surface area contributed by atoms with Crippen LogP contribution in [0.1, 0.15) is 39.6 Å². The van der Waals surface area contributed by atoms with E-state index in [2.05, 4.69) is 20.5 Å². The Hall–Kier alpha value is -3.81. The summed E-state index contributed by atoms with van der Waals surface area (Å²) in [6.07, 6.45) is 4.22. The van der Waals surface area contributed by atoms with Crippen molar-refractivity contribution in [2.24, 2.45) is 0 Å². The van der Waals surface area contributed by atoms with Crippen molar-refractivity contribution in [1.82, 2.24) is 24.5 Å². The van der Waals surface area contributed by atoms with Gasteiger partial charge < -0.3 is 5.32 Å². The molecule has 1 aliphatic rings. The molecule has 0 saturated carbocycles. The van der Waals surface area contributed by atoms with Gasteiger partial charge in [-0.3, -0.25) is 4.79 Å². The highest BCUT2D eigenvalue weighted by atomic mass is 19.1. The maximum Gasteiger partial charge on any atom is 0.276 e. The Morgan fingerprint density at radius 1 is 1.03 bits per heavy atom. The smallest absolute Gasteiger partial charge is 0.276 e.